The number of rotatable bonds is 11. The summed E-state index contributed by atoms with van der Waals surface area (Å²) in [6, 6.07) is 26.2. The van der Waals surface area contributed by atoms with Gasteiger partial charge in [-0.1, -0.05) is 37.6 Å². The predicted octanol–water partition coefficient (Wildman–Crippen LogP) is 9.09. The van der Waals surface area contributed by atoms with Crippen LogP contribution in [0.15, 0.2) is 110 Å². The lowest BCUT2D eigenvalue weighted by atomic mass is 10.1. The third-order valence-corrected chi connectivity index (χ3v) is 8.18. The molecule has 0 saturated heterocycles. The Morgan fingerprint density at radius 2 is 1.13 bits per heavy atom. The maximum atomic E-state index is 12.4. The van der Waals surface area contributed by atoms with Gasteiger partial charge in [-0.15, -0.1) is 10.2 Å². The van der Waals surface area contributed by atoms with Crippen LogP contribution in [0.25, 0.3) is 10.8 Å². The number of anilines is 1. The average Bonchev–Trinajstić information content (AvgIpc) is 2.95. The van der Waals surface area contributed by atoms with Gasteiger partial charge in [-0.2, -0.15) is 10.2 Å². The van der Waals surface area contributed by atoms with Crippen LogP contribution in [0.3, 0.4) is 0 Å². The second-order valence-electron chi connectivity index (χ2n) is 8.90. The summed E-state index contributed by atoms with van der Waals surface area (Å²) in [5.41, 5.74) is 3.98. The zero-order chi connectivity index (χ0) is 27.0. The molecule has 0 N–H and O–H groups in total. The molecule has 7 nitrogen and oxygen atoms in total. The van der Waals surface area contributed by atoms with Crippen LogP contribution in [0, 0.1) is 0 Å². The van der Waals surface area contributed by atoms with E-state index < -0.39 is 9.84 Å². The van der Waals surface area contributed by atoms with Crippen molar-refractivity contribution in [3.05, 3.63) is 84.9 Å². The molecule has 196 valence electrons. The van der Waals surface area contributed by atoms with E-state index >= 15 is 0 Å². The van der Waals surface area contributed by atoms with Crippen molar-refractivity contribution in [2.45, 2.75) is 38.5 Å². The Kier molecular flexibility index (Phi) is 8.97. The van der Waals surface area contributed by atoms with Gasteiger partial charge in [0.1, 0.15) is 0 Å². The quantitative estimate of drug-likeness (QED) is 0.182. The van der Waals surface area contributed by atoms with Gasteiger partial charge in [0.15, 0.2) is 9.84 Å². The Balaban J connectivity index is 1.54. The molecule has 38 heavy (non-hydrogen) atoms. The van der Waals surface area contributed by atoms with Crippen LogP contribution >= 0.6 is 0 Å². The van der Waals surface area contributed by atoms with Crippen molar-refractivity contribution in [1.82, 2.24) is 0 Å². The van der Waals surface area contributed by atoms with Crippen molar-refractivity contribution in [3.63, 3.8) is 0 Å². The minimum absolute atomic E-state index is 0.154. The number of hydrogen-bond donors (Lipinski definition) is 0. The number of unbranched alkanes of at least 4 members (excludes halogenated alkanes) is 1. The Morgan fingerprint density at radius 1 is 0.632 bits per heavy atom. The largest absolute Gasteiger partial charge is 0.372 e. The highest BCUT2D eigenvalue weighted by Crippen LogP contribution is 2.35. The van der Waals surface area contributed by atoms with Gasteiger partial charge in [0.25, 0.3) is 0 Å². The van der Waals surface area contributed by atoms with Gasteiger partial charge >= 0.3 is 0 Å². The zero-order valence-corrected chi connectivity index (χ0v) is 22.9. The van der Waals surface area contributed by atoms with Crippen LogP contribution in [-0.4, -0.2) is 27.3 Å². The number of azo groups is 2. The third kappa shape index (κ3) is 6.50. The number of sulfone groups is 1. The van der Waals surface area contributed by atoms with E-state index in [2.05, 4.69) is 51.3 Å². The van der Waals surface area contributed by atoms with Crippen LogP contribution in [0.5, 0.6) is 0 Å². The molecule has 0 atom stereocenters. The molecule has 0 amide bonds. The van der Waals surface area contributed by atoms with Crippen molar-refractivity contribution in [3.8, 4) is 0 Å². The molecule has 0 aliphatic heterocycles. The van der Waals surface area contributed by atoms with Gasteiger partial charge in [-0.25, -0.2) is 8.42 Å². The molecule has 0 aromatic heterocycles. The Bertz CT molecular complexity index is 1530. The standard InChI is InChI=1S/C30H33N5O2S/c1-4-7-22-38(36,37)26-18-14-24(15-19-26)32-34-30-21-20-29(27-10-8-9-11-28(27)30)33-31-23-12-16-25(17-13-23)35(5-2)6-3/h8-21H,4-7,22H2,1-3H3. The number of hydrogen-bond acceptors (Lipinski definition) is 7. The van der Waals surface area contributed by atoms with E-state index in [0.29, 0.717) is 22.7 Å². The van der Waals surface area contributed by atoms with Crippen LogP contribution < -0.4 is 4.90 Å². The molecule has 4 aromatic carbocycles. The molecule has 4 aromatic rings. The number of fused-ring (bicyclic) bond motifs is 1. The van der Waals surface area contributed by atoms with Crippen molar-refractivity contribution in [1.29, 1.82) is 0 Å². The fourth-order valence-electron chi connectivity index (χ4n) is 4.16. The maximum absolute atomic E-state index is 12.4. The van der Waals surface area contributed by atoms with Gasteiger partial charge in [-0.05, 0) is 80.9 Å². The van der Waals surface area contributed by atoms with Crippen LogP contribution in [0.1, 0.15) is 33.6 Å². The van der Waals surface area contributed by atoms with Crippen molar-refractivity contribution in [2.75, 3.05) is 23.7 Å². The highest BCUT2D eigenvalue weighted by molar-refractivity contribution is 7.91. The molecule has 0 saturated carbocycles. The molecule has 0 heterocycles. The highest BCUT2D eigenvalue weighted by Gasteiger charge is 2.13. The second kappa shape index (κ2) is 12.6. The summed E-state index contributed by atoms with van der Waals surface area (Å²) in [7, 11) is -3.27. The summed E-state index contributed by atoms with van der Waals surface area (Å²) >= 11 is 0. The van der Waals surface area contributed by atoms with E-state index in [1.165, 1.54) is 5.69 Å². The molecule has 0 unspecified atom stereocenters. The van der Waals surface area contributed by atoms with Gasteiger partial charge in [-0.3, -0.25) is 0 Å². The smallest absolute Gasteiger partial charge is 0.178 e. The molecule has 0 radical (unpaired) electrons. The lowest BCUT2D eigenvalue weighted by molar-refractivity contribution is 0.592. The molecule has 0 aliphatic rings. The van der Waals surface area contributed by atoms with Crippen molar-refractivity contribution in [2.24, 2.45) is 20.5 Å². The number of benzene rings is 4. The maximum Gasteiger partial charge on any atom is 0.178 e. The SMILES string of the molecule is CCCCS(=O)(=O)c1ccc(N=Nc2ccc(N=Nc3ccc(N(CC)CC)cc3)c3ccccc23)cc1. The minimum atomic E-state index is -3.27. The fraction of sp³-hybridized carbons (Fsp3) is 0.267. The van der Waals surface area contributed by atoms with Crippen molar-refractivity contribution >= 4 is 49.0 Å². The van der Waals surface area contributed by atoms with E-state index in [4.69, 9.17) is 0 Å². The third-order valence-electron chi connectivity index (χ3n) is 6.37. The average molecular weight is 528 g/mol. The van der Waals surface area contributed by atoms with Crippen molar-refractivity contribution < 1.29 is 8.42 Å². The first-order chi connectivity index (χ1) is 18.4. The summed E-state index contributed by atoms with van der Waals surface area (Å²) in [6.45, 7) is 8.18. The van der Waals surface area contributed by atoms with Gasteiger partial charge < -0.3 is 4.90 Å². The Morgan fingerprint density at radius 3 is 1.61 bits per heavy atom. The topological polar surface area (TPSA) is 86.8 Å². The lowest BCUT2D eigenvalue weighted by Gasteiger charge is -2.20. The highest BCUT2D eigenvalue weighted by atomic mass is 32.2. The zero-order valence-electron chi connectivity index (χ0n) is 22.1. The van der Waals surface area contributed by atoms with Crippen LogP contribution in [0.2, 0.25) is 0 Å². The summed E-state index contributed by atoms with van der Waals surface area (Å²) in [6.07, 6.45) is 1.49. The first-order valence-electron chi connectivity index (χ1n) is 13.0. The van der Waals surface area contributed by atoms with Gasteiger partial charge in [0, 0.05) is 29.5 Å². The lowest BCUT2D eigenvalue weighted by Crippen LogP contribution is -2.21. The Hall–Kier alpha value is -3.91. The van der Waals surface area contributed by atoms with Gasteiger partial charge in [0.2, 0.25) is 0 Å². The molecular weight excluding hydrogens is 494 g/mol. The molecule has 8 heteroatoms. The van der Waals surface area contributed by atoms with Crippen LogP contribution in [-0.2, 0) is 9.84 Å². The first kappa shape index (κ1) is 27.1. The van der Waals surface area contributed by atoms with E-state index in [0.717, 1.165) is 41.7 Å². The van der Waals surface area contributed by atoms with E-state index in [1.54, 1.807) is 24.3 Å². The molecular formula is C30H33N5O2S. The van der Waals surface area contributed by atoms with E-state index in [9.17, 15) is 8.42 Å². The molecule has 0 bridgehead atoms. The molecule has 0 fully saturated rings. The summed E-state index contributed by atoms with van der Waals surface area (Å²) in [5.74, 6) is 0.154. The summed E-state index contributed by atoms with van der Waals surface area (Å²) in [5, 5.41) is 19.6. The monoisotopic (exact) mass is 527 g/mol. The normalized spacial score (nSPS) is 12.1. The predicted molar refractivity (Wildman–Crippen MR) is 156 cm³/mol. The summed E-state index contributed by atoms with van der Waals surface area (Å²) < 4.78 is 24.8. The van der Waals surface area contributed by atoms with Crippen LogP contribution in [0.4, 0.5) is 28.4 Å². The van der Waals surface area contributed by atoms with Gasteiger partial charge in [0.05, 0.1) is 33.4 Å². The van der Waals surface area contributed by atoms with E-state index in [1.807, 2.05) is 55.5 Å². The molecule has 4 rings (SSSR count). The number of nitrogens with zero attached hydrogens (tertiary/aromatic N) is 5. The molecule has 0 spiro atoms. The summed E-state index contributed by atoms with van der Waals surface area (Å²) in [4.78, 5) is 2.60. The first-order valence-corrected chi connectivity index (χ1v) is 14.6. The second-order valence-corrected chi connectivity index (χ2v) is 11.0. The minimum Gasteiger partial charge on any atom is -0.372 e. The Labute approximate surface area is 224 Å². The van der Waals surface area contributed by atoms with E-state index in [-0.39, 0.29) is 5.75 Å². The fourth-order valence-corrected chi connectivity index (χ4v) is 5.61. The molecule has 0 aliphatic carbocycles.